The predicted molar refractivity (Wildman–Crippen MR) is 67.6 cm³/mol. The van der Waals surface area contributed by atoms with Crippen molar-refractivity contribution in [3.05, 3.63) is 12.0 Å². The van der Waals surface area contributed by atoms with Crippen molar-refractivity contribution in [2.75, 3.05) is 20.3 Å². The summed E-state index contributed by atoms with van der Waals surface area (Å²) in [5, 5.41) is 0.0304. The minimum absolute atomic E-state index is 0.0304. The van der Waals surface area contributed by atoms with E-state index in [2.05, 4.69) is 9.71 Å². The number of nitrogens with two attached hydrogens (primary N) is 1. The Balaban J connectivity index is 2.55. The Morgan fingerprint density at radius 2 is 2.28 bits per heavy atom. The van der Waals surface area contributed by atoms with Crippen molar-refractivity contribution in [2.24, 2.45) is 12.8 Å². The Morgan fingerprint density at radius 3 is 2.78 bits per heavy atom. The smallest absolute Gasteiger partial charge is 0.259 e. The Labute approximate surface area is 107 Å². The highest BCUT2D eigenvalue weighted by Crippen LogP contribution is 2.07. The van der Waals surface area contributed by atoms with Crippen LogP contribution in [0.25, 0.3) is 0 Å². The van der Waals surface area contributed by atoms with Crippen molar-refractivity contribution in [3.8, 4) is 0 Å². The fraction of sp³-hybridized carbons (Fsp3) is 0.700. The maximum absolute atomic E-state index is 11.9. The van der Waals surface area contributed by atoms with E-state index in [0.717, 1.165) is 0 Å². The second-order valence-electron chi connectivity index (χ2n) is 4.14. The Kier molecular flexibility index (Phi) is 5.27. The maximum Gasteiger partial charge on any atom is 0.259 e. The fourth-order valence-corrected chi connectivity index (χ4v) is 2.49. The van der Waals surface area contributed by atoms with Crippen molar-refractivity contribution >= 4 is 10.0 Å². The topological polar surface area (TPSA) is 99.2 Å². The number of aromatic nitrogens is 2. The van der Waals surface area contributed by atoms with Gasteiger partial charge in [0, 0.05) is 32.9 Å². The van der Waals surface area contributed by atoms with Gasteiger partial charge in [0.25, 0.3) is 10.0 Å². The normalized spacial score (nSPS) is 13.8. The van der Waals surface area contributed by atoms with Crippen LogP contribution in [0.5, 0.6) is 0 Å². The SMILES string of the molecule is COCC(N)CCNS(=O)(=O)c1cn(C)c(C)n1. The van der Waals surface area contributed by atoms with Crippen LogP contribution < -0.4 is 10.5 Å². The zero-order chi connectivity index (χ0) is 13.8. The molecule has 0 aliphatic heterocycles. The molecule has 1 aromatic rings. The van der Waals surface area contributed by atoms with E-state index in [4.69, 9.17) is 10.5 Å². The lowest BCUT2D eigenvalue weighted by molar-refractivity contribution is 0.177. The molecule has 0 aliphatic rings. The van der Waals surface area contributed by atoms with E-state index in [1.54, 1.807) is 25.6 Å². The van der Waals surface area contributed by atoms with Gasteiger partial charge in [0.1, 0.15) is 5.82 Å². The van der Waals surface area contributed by atoms with Crippen LogP contribution in [-0.4, -0.2) is 44.3 Å². The molecule has 18 heavy (non-hydrogen) atoms. The molecule has 0 radical (unpaired) electrons. The number of hydrogen-bond acceptors (Lipinski definition) is 5. The Morgan fingerprint density at radius 1 is 1.61 bits per heavy atom. The lowest BCUT2D eigenvalue weighted by Gasteiger charge is -2.10. The molecular formula is C10H20N4O3S. The van der Waals surface area contributed by atoms with E-state index >= 15 is 0 Å². The number of ether oxygens (including phenoxy) is 1. The summed E-state index contributed by atoms with van der Waals surface area (Å²) in [4.78, 5) is 3.97. The first-order chi connectivity index (χ1) is 8.36. The Bertz CT molecular complexity index is 464. The van der Waals surface area contributed by atoms with Gasteiger partial charge in [-0.15, -0.1) is 0 Å². The van der Waals surface area contributed by atoms with Crippen LogP contribution in [0.15, 0.2) is 11.2 Å². The van der Waals surface area contributed by atoms with Gasteiger partial charge in [-0.3, -0.25) is 0 Å². The van der Waals surface area contributed by atoms with Crippen LogP contribution in [0.1, 0.15) is 12.2 Å². The van der Waals surface area contributed by atoms with Gasteiger partial charge in [0.15, 0.2) is 5.03 Å². The largest absolute Gasteiger partial charge is 0.383 e. The highest BCUT2D eigenvalue weighted by molar-refractivity contribution is 7.89. The number of rotatable bonds is 7. The first kappa shape index (κ1) is 15.1. The average Bonchev–Trinajstić information content (AvgIpc) is 2.60. The van der Waals surface area contributed by atoms with Crippen LogP contribution in [0.3, 0.4) is 0 Å². The van der Waals surface area contributed by atoms with E-state index in [9.17, 15) is 8.42 Å². The van der Waals surface area contributed by atoms with Gasteiger partial charge in [-0.25, -0.2) is 18.1 Å². The van der Waals surface area contributed by atoms with Crippen LogP contribution in [0.4, 0.5) is 0 Å². The number of imidazole rings is 1. The third-order valence-corrected chi connectivity index (χ3v) is 3.88. The lowest BCUT2D eigenvalue weighted by atomic mass is 10.2. The quantitative estimate of drug-likeness (QED) is 0.691. The molecule has 1 rings (SSSR count). The molecule has 0 bridgehead atoms. The first-order valence-corrected chi connectivity index (χ1v) is 7.09. The monoisotopic (exact) mass is 276 g/mol. The van der Waals surface area contributed by atoms with Gasteiger partial charge >= 0.3 is 0 Å². The fourth-order valence-electron chi connectivity index (χ4n) is 1.41. The van der Waals surface area contributed by atoms with Gasteiger partial charge in [-0.1, -0.05) is 0 Å². The third-order valence-electron chi connectivity index (χ3n) is 2.55. The van der Waals surface area contributed by atoms with Crippen molar-refractivity contribution in [1.29, 1.82) is 0 Å². The highest BCUT2D eigenvalue weighted by Gasteiger charge is 2.18. The molecule has 0 fully saturated rings. The van der Waals surface area contributed by atoms with Gasteiger partial charge in [-0.05, 0) is 13.3 Å². The van der Waals surface area contributed by atoms with Crippen molar-refractivity contribution < 1.29 is 13.2 Å². The number of aryl methyl sites for hydroxylation is 2. The van der Waals surface area contributed by atoms with Gasteiger partial charge in [-0.2, -0.15) is 0 Å². The van der Waals surface area contributed by atoms with Crippen LogP contribution in [0.2, 0.25) is 0 Å². The third kappa shape index (κ3) is 4.05. The number of sulfonamides is 1. The molecule has 8 heteroatoms. The van der Waals surface area contributed by atoms with Crippen molar-refractivity contribution in [2.45, 2.75) is 24.4 Å². The Hall–Kier alpha value is -0.960. The number of nitrogens with one attached hydrogen (secondary N) is 1. The average molecular weight is 276 g/mol. The summed E-state index contributed by atoms with van der Waals surface area (Å²) in [6.45, 7) is 2.42. The minimum Gasteiger partial charge on any atom is -0.383 e. The molecular weight excluding hydrogens is 256 g/mol. The number of nitrogens with zero attached hydrogens (tertiary/aromatic N) is 2. The molecule has 1 atom stereocenters. The molecule has 0 aromatic carbocycles. The van der Waals surface area contributed by atoms with Crippen LogP contribution >= 0.6 is 0 Å². The molecule has 1 unspecified atom stereocenters. The molecule has 1 aromatic heterocycles. The molecule has 0 saturated carbocycles. The van der Waals surface area contributed by atoms with Gasteiger partial charge < -0.3 is 15.0 Å². The molecule has 0 spiro atoms. The molecule has 1 heterocycles. The summed E-state index contributed by atoms with van der Waals surface area (Å²) in [6, 6.07) is -0.178. The highest BCUT2D eigenvalue weighted by atomic mass is 32.2. The minimum atomic E-state index is -3.55. The van der Waals surface area contributed by atoms with E-state index in [1.807, 2.05) is 0 Å². The summed E-state index contributed by atoms with van der Waals surface area (Å²) >= 11 is 0. The summed E-state index contributed by atoms with van der Waals surface area (Å²) in [5.74, 6) is 0.645. The maximum atomic E-state index is 11.9. The molecule has 0 amide bonds. The molecule has 104 valence electrons. The van der Waals surface area contributed by atoms with E-state index in [-0.39, 0.29) is 17.6 Å². The summed E-state index contributed by atoms with van der Waals surface area (Å²) < 4.78 is 32.8. The predicted octanol–water partition coefficient (Wildman–Crippen LogP) is -0.629. The first-order valence-electron chi connectivity index (χ1n) is 5.61. The molecule has 0 aliphatic carbocycles. The van der Waals surface area contributed by atoms with Crippen molar-refractivity contribution in [3.63, 3.8) is 0 Å². The second kappa shape index (κ2) is 6.28. The van der Waals surface area contributed by atoms with Gasteiger partial charge in [0.2, 0.25) is 0 Å². The van der Waals surface area contributed by atoms with Crippen LogP contribution in [-0.2, 0) is 21.8 Å². The number of hydrogen-bond donors (Lipinski definition) is 2. The lowest BCUT2D eigenvalue weighted by Crippen LogP contribution is -2.33. The zero-order valence-electron chi connectivity index (χ0n) is 10.9. The van der Waals surface area contributed by atoms with Gasteiger partial charge in [0.05, 0.1) is 6.61 Å². The standard InChI is InChI=1S/C10H20N4O3S/c1-8-13-10(6-14(8)2)18(15,16)12-5-4-9(11)7-17-3/h6,9,12H,4-5,7,11H2,1-3H3. The zero-order valence-corrected chi connectivity index (χ0v) is 11.7. The van der Waals surface area contributed by atoms with Crippen LogP contribution in [0, 0.1) is 6.92 Å². The molecule has 0 saturated heterocycles. The van der Waals surface area contributed by atoms with E-state index in [0.29, 0.717) is 18.9 Å². The van der Waals surface area contributed by atoms with E-state index in [1.165, 1.54) is 6.20 Å². The van der Waals surface area contributed by atoms with E-state index < -0.39 is 10.0 Å². The second-order valence-corrected chi connectivity index (χ2v) is 5.85. The van der Waals surface area contributed by atoms with Crippen molar-refractivity contribution in [1.82, 2.24) is 14.3 Å². The summed E-state index contributed by atoms with van der Waals surface area (Å²) in [6.07, 6.45) is 1.99. The molecule has 7 nitrogen and oxygen atoms in total. The summed E-state index contributed by atoms with van der Waals surface area (Å²) in [7, 11) is -0.249. The molecule has 3 N–H and O–H groups in total. The number of methoxy groups -OCH3 is 1. The summed E-state index contributed by atoms with van der Waals surface area (Å²) in [5.41, 5.74) is 5.70.